The Hall–Kier alpha value is -1.98. The van der Waals surface area contributed by atoms with Crippen LogP contribution in [-0.4, -0.2) is 16.8 Å². The molecule has 1 atom stereocenters. The van der Waals surface area contributed by atoms with Gasteiger partial charge in [0.1, 0.15) is 0 Å². The molecule has 2 N–H and O–H groups in total. The van der Waals surface area contributed by atoms with E-state index in [4.69, 9.17) is 0 Å². The minimum atomic E-state index is -1.85. The van der Waals surface area contributed by atoms with Gasteiger partial charge in [0, 0.05) is 21.3 Å². The number of nitrogens with one attached hydrogen (secondary N) is 1. The minimum Gasteiger partial charge on any atom is -0.375 e. The molecule has 0 saturated carbocycles. The van der Waals surface area contributed by atoms with Crippen LogP contribution >= 0.6 is 15.9 Å². The molecule has 1 heterocycles. The number of aliphatic hydroxyl groups is 1. The maximum Gasteiger partial charge on any atom is 0.261 e. The molecule has 0 bridgehead atoms. The second-order valence-corrected chi connectivity index (χ2v) is 7.75. The highest BCUT2D eigenvalue weighted by Crippen LogP contribution is 2.40. The van der Waals surface area contributed by atoms with Gasteiger partial charge in [0.15, 0.2) is 11.4 Å². The van der Waals surface area contributed by atoms with Gasteiger partial charge in [-0.1, -0.05) is 41.9 Å². The number of rotatable bonds is 4. The molecule has 0 spiro atoms. The van der Waals surface area contributed by atoms with Crippen molar-refractivity contribution in [2.24, 2.45) is 0 Å². The maximum absolute atomic E-state index is 12.9. The van der Waals surface area contributed by atoms with Gasteiger partial charge in [0.05, 0.1) is 6.42 Å². The molecule has 25 heavy (non-hydrogen) atoms. The van der Waals surface area contributed by atoms with Crippen LogP contribution < -0.4 is 5.32 Å². The summed E-state index contributed by atoms with van der Waals surface area (Å²) in [5, 5.41) is 13.6. The Morgan fingerprint density at radius 2 is 1.96 bits per heavy atom. The molecule has 1 aliphatic heterocycles. The molecule has 0 fully saturated rings. The average molecular weight is 402 g/mol. The number of halogens is 1. The first kappa shape index (κ1) is 17.8. The number of benzene rings is 2. The molecule has 0 aromatic heterocycles. The van der Waals surface area contributed by atoms with Gasteiger partial charge in [-0.25, -0.2) is 0 Å². The van der Waals surface area contributed by atoms with E-state index < -0.39 is 11.5 Å². The van der Waals surface area contributed by atoms with Crippen molar-refractivity contribution in [2.75, 3.05) is 5.32 Å². The zero-order valence-electron chi connectivity index (χ0n) is 14.4. The van der Waals surface area contributed by atoms with Crippen LogP contribution in [0, 0.1) is 6.92 Å². The van der Waals surface area contributed by atoms with E-state index >= 15 is 0 Å². The number of hydrogen-bond acceptors (Lipinski definition) is 3. The molecular weight excluding hydrogens is 382 g/mol. The van der Waals surface area contributed by atoms with Crippen molar-refractivity contribution < 1.29 is 14.7 Å². The first-order valence-corrected chi connectivity index (χ1v) is 8.99. The summed E-state index contributed by atoms with van der Waals surface area (Å²) in [6.07, 6.45) is -0.287. The SMILES string of the molecule is Cc1ccc(C(C)C)cc1C(=O)C[C@@]1(O)C(=O)Nc2ccc(Br)cc21. The highest BCUT2D eigenvalue weighted by atomic mass is 79.9. The van der Waals surface area contributed by atoms with Crippen molar-refractivity contribution in [2.45, 2.75) is 38.7 Å². The lowest BCUT2D eigenvalue weighted by molar-refractivity contribution is -0.133. The number of anilines is 1. The van der Waals surface area contributed by atoms with E-state index in [1.807, 2.05) is 25.1 Å². The number of Topliss-reactive ketones (excluding diaryl/α,β-unsaturated/α-hetero) is 1. The van der Waals surface area contributed by atoms with E-state index in [1.165, 1.54) is 0 Å². The summed E-state index contributed by atoms with van der Waals surface area (Å²) in [5.74, 6) is -0.515. The van der Waals surface area contributed by atoms with Gasteiger partial charge in [0.25, 0.3) is 5.91 Å². The fraction of sp³-hybridized carbons (Fsp3) is 0.300. The topological polar surface area (TPSA) is 66.4 Å². The summed E-state index contributed by atoms with van der Waals surface area (Å²) in [6.45, 7) is 5.98. The van der Waals surface area contributed by atoms with Crippen molar-refractivity contribution in [3.63, 3.8) is 0 Å². The molecule has 5 heteroatoms. The summed E-state index contributed by atoms with van der Waals surface area (Å²) >= 11 is 3.35. The molecule has 130 valence electrons. The zero-order valence-corrected chi connectivity index (χ0v) is 16.0. The molecule has 1 amide bonds. The highest BCUT2D eigenvalue weighted by Gasteiger charge is 2.47. The van der Waals surface area contributed by atoms with E-state index in [2.05, 4.69) is 35.1 Å². The van der Waals surface area contributed by atoms with Crippen LogP contribution in [0.2, 0.25) is 0 Å². The Morgan fingerprint density at radius 3 is 2.64 bits per heavy atom. The van der Waals surface area contributed by atoms with Crippen LogP contribution in [0.25, 0.3) is 0 Å². The van der Waals surface area contributed by atoms with Gasteiger partial charge in [-0.3, -0.25) is 9.59 Å². The number of fused-ring (bicyclic) bond motifs is 1. The van der Waals surface area contributed by atoms with Crippen LogP contribution in [0.15, 0.2) is 40.9 Å². The molecule has 0 radical (unpaired) electrons. The largest absolute Gasteiger partial charge is 0.375 e. The molecule has 0 aliphatic carbocycles. The molecule has 0 saturated heterocycles. The number of carbonyl (C=O) groups excluding carboxylic acids is 2. The molecule has 2 aromatic carbocycles. The third-order valence-electron chi connectivity index (χ3n) is 4.70. The summed E-state index contributed by atoms with van der Waals surface area (Å²) in [7, 11) is 0. The Morgan fingerprint density at radius 1 is 1.24 bits per heavy atom. The van der Waals surface area contributed by atoms with Gasteiger partial charge >= 0.3 is 0 Å². The number of aryl methyl sites for hydroxylation is 1. The van der Waals surface area contributed by atoms with Crippen LogP contribution in [0.4, 0.5) is 5.69 Å². The first-order chi connectivity index (χ1) is 11.7. The lowest BCUT2D eigenvalue weighted by Gasteiger charge is -2.21. The van der Waals surface area contributed by atoms with Gasteiger partial charge < -0.3 is 10.4 Å². The summed E-state index contributed by atoms with van der Waals surface area (Å²) in [5.41, 5.74) is 1.56. The molecule has 3 rings (SSSR count). The fourth-order valence-corrected chi connectivity index (χ4v) is 3.48. The Labute approximate surface area is 155 Å². The van der Waals surface area contributed by atoms with Gasteiger partial charge in [-0.2, -0.15) is 0 Å². The van der Waals surface area contributed by atoms with Crippen LogP contribution in [0.5, 0.6) is 0 Å². The second kappa shape index (κ2) is 6.39. The molecule has 1 aliphatic rings. The van der Waals surface area contributed by atoms with E-state index in [-0.39, 0.29) is 12.2 Å². The second-order valence-electron chi connectivity index (χ2n) is 6.83. The first-order valence-electron chi connectivity index (χ1n) is 8.20. The number of ketones is 1. The minimum absolute atomic E-state index is 0.245. The van der Waals surface area contributed by atoms with Crippen LogP contribution in [0.3, 0.4) is 0 Å². The Balaban J connectivity index is 1.98. The zero-order chi connectivity index (χ0) is 18.4. The third kappa shape index (κ3) is 3.14. The number of carbonyl (C=O) groups is 2. The summed E-state index contributed by atoms with van der Waals surface area (Å²) < 4.78 is 0.742. The Bertz CT molecular complexity index is 875. The lowest BCUT2D eigenvalue weighted by Crippen LogP contribution is -2.36. The van der Waals surface area contributed by atoms with Crippen molar-refractivity contribution >= 4 is 33.3 Å². The molecule has 4 nitrogen and oxygen atoms in total. The summed E-state index contributed by atoms with van der Waals surface area (Å²) in [6, 6.07) is 10.9. The summed E-state index contributed by atoms with van der Waals surface area (Å²) in [4.78, 5) is 25.3. The van der Waals surface area contributed by atoms with E-state index in [9.17, 15) is 14.7 Å². The smallest absolute Gasteiger partial charge is 0.261 e. The average Bonchev–Trinajstić information content (AvgIpc) is 2.78. The Kier molecular flexibility index (Phi) is 4.56. The fourth-order valence-electron chi connectivity index (χ4n) is 3.12. The van der Waals surface area contributed by atoms with Gasteiger partial charge in [-0.05, 0) is 48.2 Å². The highest BCUT2D eigenvalue weighted by molar-refractivity contribution is 9.10. The molecule has 0 unspecified atom stereocenters. The standard InChI is InChI=1S/C20H20BrNO3/c1-11(2)13-5-4-12(3)15(8-13)18(23)10-20(25)16-9-14(21)6-7-17(16)22-19(20)24/h4-9,11,25H,10H2,1-3H3,(H,22,24)/t20-/m0/s1. The van der Waals surface area contributed by atoms with Crippen molar-refractivity contribution in [1.29, 1.82) is 0 Å². The molecular formula is C20H20BrNO3. The third-order valence-corrected chi connectivity index (χ3v) is 5.19. The van der Waals surface area contributed by atoms with E-state index in [0.717, 1.165) is 15.6 Å². The number of hydrogen-bond donors (Lipinski definition) is 2. The number of amides is 1. The van der Waals surface area contributed by atoms with Gasteiger partial charge in [-0.15, -0.1) is 0 Å². The normalized spacial score (nSPS) is 19.0. The predicted octanol–water partition coefficient (Wildman–Crippen LogP) is 4.29. The monoisotopic (exact) mass is 401 g/mol. The lowest BCUT2D eigenvalue weighted by atomic mass is 9.86. The van der Waals surface area contributed by atoms with Crippen molar-refractivity contribution in [3.8, 4) is 0 Å². The van der Waals surface area contributed by atoms with E-state index in [1.54, 1.807) is 18.2 Å². The van der Waals surface area contributed by atoms with Gasteiger partial charge in [0.2, 0.25) is 0 Å². The van der Waals surface area contributed by atoms with Crippen LogP contribution in [-0.2, 0) is 10.4 Å². The van der Waals surface area contributed by atoms with E-state index in [0.29, 0.717) is 22.7 Å². The molecule has 2 aromatic rings. The van der Waals surface area contributed by atoms with Crippen molar-refractivity contribution in [1.82, 2.24) is 0 Å². The quantitative estimate of drug-likeness (QED) is 0.750. The predicted molar refractivity (Wildman–Crippen MR) is 101 cm³/mol. The van der Waals surface area contributed by atoms with Crippen LogP contribution in [0.1, 0.15) is 53.2 Å². The maximum atomic E-state index is 12.9. The van der Waals surface area contributed by atoms with Crippen molar-refractivity contribution in [3.05, 3.63) is 63.1 Å².